The normalized spacial score (nSPS) is 12.7. The first-order chi connectivity index (χ1) is 19.2. The summed E-state index contributed by atoms with van der Waals surface area (Å²) in [6.45, 7) is 2.84. The number of furan rings is 1. The van der Waals surface area contributed by atoms with Crippen LogP contribution in [0, 0.1) is 0 Å². The van der Waals surface area contributed by atoms with Gasteiger partial charge in [-0.15, -0.1) is 0 Å². The maximum atomic E-state index is 6.15. The van der Waals surface area contributed by atoms with Crippen molar-refractivity contribution in [2.75, 3.05) is 0 Å². The molecule has 0 unspecified atom stereocenters. The Labute approximate surface area is 227 Å². The van der Waals surface area contributed by atoms with E-state index in [1.807, 2.05) is 0 Å². The van der Waals surface area contributed by atoms with Crippen molar-refractivity contribution in [2.24, 2.45) is 0 Å². The molecule has 7 aliphatic heterocycles. The lowest BCUT2D eigenvalue weighted by atomic mass is 10.1. The second-order valence-corrected chi connectivity index (χ2v) is 10.0. The largest absolute Gasteiger partial charge is 0.453 e. The molecular weight excluding hydrogens is 482 g/mol. The van der Waals surface area contributed by atoms with Crippen LogP contribution in [0.5, 0.6) is 0 Å². The molecule has 0 saturated carbocycles. The molecule has 6 nitrogen and oxygen atoms in total. The van der Waals surface area contributed by atoms with Gasteiger partial charge in [0.2, 0.25) is 13.1 Å². The smallest absolute Gasteiger partial charge is 0.205 e. The zero-order valence-electron chi connectivity index (χ0n) is 21.6. The zero-order valence-corrected chi connectivity index (χ0v) is 21.6. The van der Waals surface area contributed by atoms with Crippen LogP contribution in [0.4, 0.5) is 0 Å². The molecule has 13 rings (SSSR count). The van der Waals surface area contributed by atoms with E-state index in [2.05, 4.69) is 147 Å². The number of hydrogen-bond acceptors (Lipinski definition) is 2. The average Bonchev–Trinajstić information content (AvgIpc) is 3.41. The fourth-order valence-electron chi connectivity index (χ4n) is 5.05. The van der Waals surface area contributed by atoms with E-state index in [9.17, 15) is 0 Å². The summed E-state index contributed by atoms with van der Waals surface area (Å²) in [5, 5.41) is 0. The van der Waals surface area contributed by atoms with Crippen molar-refractivity contribution in [1.29, 1.82) is 0 Å². The number of pyridine rings is 5. The van der Waals surface area contributed by atoms with Gasteiger partial charge in [-0.2, -0.15) is 18.3 Å². The second-order valence-electron chi connectivity index (χ2n) is 10.0. The van der Waals surface area contributed by atoms with Crippen molar-refractivity contribution in [2.45, 2.75) is 26.2 Å². The highest BCUT2D eigenvalue weighted by molar-refractivity contribution is 5.61. The van der Waals surface area contributed by atoms with E-state index in [0.717, 1.165) is 36.0 Å². The van der Waals surface area contributed by atoms with E-state index >= 15 is 0 Å². The lowest BCUT2D eigenvalue weighted by Gasteiger charge is -2.04. The van der Waals surface area contributed by atoms with Crippen molar-refractivity contribution in [3.05, 3.63) is 151 Å². The molecule has 0 aliphatic carbocycles. The van der Waals surface area contributed by atoms with E-state index in [4.69, 9.17) is 9.40 Å². The topological polar surface area (TPSA) is 41.6 Å². The SMILES string of the molecule is c1cc2nc(c1)C[n+]1ccc(cc1)-c1cc[n+](cc1)Cc1ccc(o1)C[n+]1ccc(cc1)-c1cc[n+](cc1)C2. The maximum Gasteiger partial charge on any atom is 0.205 e. The predicted molar refractivity (Wildman–Crippen MR) is 144 cm³/mol. The molecule has 0 N–H and O–H groups in total. The Hall–Kier alpha value is -4.97. The molecule has 0 saturated heterocycles. The summed E-state index contributed by atoms with van der Waals surface area (Å²) in [5.41, 5.74) is 6.83. The molecule has 0 radical (unpaired) electrons. The van der Waals surface area contributed by atoms with Gasteiger partial charge in [-0.1, -0.05) is 6.07 Å². The summed E-state index contributed by atoms with van der Waals surface area (Å²) < 4.78 is 14.8. The van der Waals surface area contributed by atoms with Crippen LogP contribution in [0.25, 0.3) is 22.3 Å². The number of hydrogen-bond donors (Lipinski definition) is 0. The van der Waals surface area contributed by atoms with Crippen LogP contribution in [-0.2, 0) is 26.2 Å². The summed E-state index contributed by atoms with van der Waals surface area (Å²) in [5.74, 6) is 1.88. The molecule has 6 heteroatoms. The monoisotopic (exact) mass is 511 g/mol. The first kappa shape index (κ1) is 23.2. The third kappa shape index (κ3) is 5.22. The van der Waals surface area contributed by atoms with Crippen LogP contribution in [-0.4, -0.2) is 4.98 Å². The van der Waals surface area contributed by atoms with Gasteiger partial charge in [0, 0.05) is 48.5 Å². The molecule has 0 atom stereocenters. The molecule has 39 heavy (non-hydrogen) atoms. The fourth-order valence-corrected chi connectivity index (χ4v) is 5.05. The average molecular weight is 512 g/mol. The van der Waals surface area contributed by atoms with Gasteiger partial charge in [0.25, 0.3) is 0 Å². The summed E-state index contributed by atoms with van der Waals surface area (Å²) in [6, 6.07) is 27.7. The van der Waals surface area contributed by atoms with Crippen LogP contribution in [0.3, 0.4) is 0 Å². The van der Waals surface area contributed by atoms with E-state index in [0.29, 0.717) is 13.1 Å². The van der Waals surface area contributed by atoms with Gasteiger partial charge in [-0.05, 0) is 46.5 Å². The molecule has 0 spiro atoms. The Morgan fingerprint density at radius 3 is 1.10 bits per heavy atom. The summed E-state index contributed by atoms with van der Waals surface area (Å²) in [6.07, 6.45) is 16.9. The van der Waals surface area contributed by atoms with Crippen molar-refractivity contribution in [3.8, 4) is 22.3 Å². The van der Waals surface area contributed by atoms with Crippen molar-refractivity contribution in [1.82, 2.24) is 4.98 Å². The van der Waals surface area contributed by atoms with Gasteiger partial charge < -0.3 is 4.42 Å². The summed E-state index contributed by atoms with van der Waals surface area (Å²) in [7, 11) is 0. The summed E-state index contributed by atoms with van der Waals surface area (Å²) >= 11 is 0. The van der Waals surface area contributed by atoms with Gasteiger partial charge in [0.05, 0.1) is 0 Å². The van der Waals surface area contributed by atoms with E-state index < -0.39 is 0 Å². The fraction of sp³-hybridized carbons (Fsp3) is 0.121. The molecule has 13 heterocycles. The first-order valence-corrected chi connectivity index (χ1v) is 13.2. The van der Waals surface area contributed by atoms with Crippen LogP contribution in [0.1, 0.15) is 22.9 Å². The first-order valence-electron chi connectivity index (χ1n) is 13.2. The Bertz CT molecular complexity index is 1600. The summed E-state index contributed by atoms with van der Waals surface area (Å²) in [4.78, 5) is 4.93. The minimum absolute atomic E-state index is 0.693. The lowest BCUT2D eigenvalue weighted by molar-refractivity contribution is -0.692. The molecule has 188 valence electrons. The molecule has 7 aliphatic rings. The third-order valence-electron chi connectivity index (χ3n) is 7.18. The highest BCUT2D eigenvalue weighted by Crippen LogP contribution is 2.17. The Morgan fingerprint density at radius 1 is 0.410 bits per heavy atom. The standard InChI is InChI=1S/C33H29N5O/c1-2-30-22-35-14-6-26(7-15-35)28-10-18-37(19-11-28)24-32-4-5-33(39-32)25-38-20-12-29(13-21-38)27-8-16-36(17-9-27)23-31(3-1)34-30/h1-21H,22-25H2/q+4. The van der Waals surface area contributed by atoms with Crippen LogP contribution >= 0.6 is 0 Å². The van der Waals surface area contributed by atoms with E-state index in [1.54, 1.807) is 0 Å². The zero-order chi connectivity index (χ0) is 26.0. The van der Waals surface area contributed by atoms with Gasteiger partial charge in [-0.25, -0.2) is 4.98 Å². The Kier molecular flexibility index (Phi) is 5.98. The minimum Gasteiger partial charge on any atom is -0.453 e. The van der Waals surface area contributed by atoms with Gasteiger partial charge in [0.1, 0.15) is 11.4 Å². The van der Waals surface area contributed by atoms with Gasteiger partial charge in [-0.3, -0.25) is 0 Å². The van der Waals surface area contributed by atoms with E-state index in [1.165, 1.54) is 22.3 Å². The van der Waals surface area contributed by atoms with Gasteiger partial charge in [0.15, 0.2) is 74.2 Å². The van der Waals surface area contributed by atoms with Crippen molar-refractivity contribution in [3.63, 3.8) is 0 Å². The van der Waals surface area contributed by atoms with Crippen LogP contribution < -0.4 is 18.3 Å². The van der Waals surface area contributed by atoms with E-state index in [-0.39, 0.29) is 0 Å². The Balaban J connectivity index is 1.22. The molecule has 12 bridgehead atoms. The second kappa shape index (κ2) is 10.1. The minimum atomic E-state index is 0.693. The molecule has 0 aromatic carbocycles. The van der Waals surface area contributed by atoms with Crippen LogP contribution in [0.15, 0.2) is 133 Å². The van der Waals surface area contributed by atoms with Gasteiger partial charge >= 0.3 is 0 Å². The molecule has 0 fully saturated rings. The van der Waals surface area contributed by atoms with Crippen molar-refractivity contribution < 1.29 is 22.7 Å². The molecule has 0 amide bonds. The highest BCUT2D eigenvalue weighted by atomic mass is 16.3. The quantitative estimate of drug-likeness (QED) is 0.292. The molecular formula is C33H29N5O+4. The predicted octanol–water partition coefficient (Wildman–Crippen LogP) is 3.67. The number of nitrogens with zero attached hydrogens (tertiary/aromatic N) is 5. The van der Waals surface area contributed by atoms with Crippen LogP contribution in [0.2, 0.25) is 0 Å². The van der Waals surface area contributed by atoms with Crippen molar-refractivity contribution >= 4 is 0 Å². The maximum absolute atomic E-state index is 6.15. The molecule has 6 aromatic heterocycles. The Morgan fingerprint density at radius 2 is 0.744 bits per heavy atom. The third-order valence-corrected chi connectivity index (χ3v) is 7.18. The number of aromatic nitrogens is 5. The molecule has 6 aromatic rings. The lowest BCUT2D eigenvalue weighted by Crippen LogP contribution is -2.35. The highest BCUT2D eigenvalue weighted by Gasteiger charge is 2.14. The number of rotatable bonds is 0.